The number of fused-ring (bicyclic) bond motifs is 1. The number of unbranched alkanes of at least 4 members (excludes halogenated alkanes) is 1. The molecule has 0 saturated heterocycles. The molecule has 0 aliphatic rings. The molecule has 1 N–H and O–H groups in total. The summed E-state index contributed by atoms with van der Waals surface area (Å²) in [4.78, 5) is 8.34. The zero-order valence-corrected chi connectivity index (χ0v) is 9.06. The number of hydrogen-bond acceptors (Lipinski definition) is 4. The molecule has 0 bridgehead atoms. The second kappa shape index (κ2) is 4.25. The van der Waals surface area contributed by atoms with Gasteiger partial charge in [-0.2, -0.15) is 14.6 Å². The SMILES string of the molecule is CCCCNc1cc(C)nc2ncnn12. The Kier molecular flexibility index (Phi) is 2.80. The molecule has 5 nitrogen and oxygen atoms in total. The summed E-state index contributed by atoms with van der Waals surface area (Å²) in [6.07, 6.45) is 3.85. The number of nitrogens with zero attached hydrogens (tertiary/aromatic N) is 4. The van der Waals surface area contributed by atoms with E-state index in [0.717, 1.165) is 24.5 Å². The number of hydrogen-bond donors (Lipinski definition) is 1. The van der Waals surface area contributed by atoms with E-state index in [-0.39, 0.29) is 0 Å². The van der Waals surface area contributed by atoms with Crippen molar-refractivity contribution in [2.24, 2.45) is 0 Å². The lowest BCUT2D eigenvalue weighted by Gasteiger charge is -2.07. The molecule has 80 valence electrons. The fourth-order valence-corrected chi connectivity index (χ4v) is 1.45. The highest BCUT2D eigenvalue weighted by molar-refractivity contribution is 5.44. The van der Waals surface area contributed by atoms with Crippen molar-refractivity contribution >= 4 is 11.6 Å². The molecule has 0 atom stereocenters. The first-order chi connectivity index (χ1) is 7.31. The third-order valence-electron chi connectivity index (χ3n) is 2.22. The Morgan fingerprint density at radius 2 is 2.33 bits per heavy atom. The van der Waals surface area contributed by atoms with Crippen LogP contribution in [0.25, 0.3) is 5.78 Å². The van der Waals surface area contributed by atoms with E-state index in [0.29, 0.717) is 5.78 Å². The van der Waals surface area contributed by atoms with Crippen molar-refractivity contribution in [1.82, 2.24) is 19.6 Å². The quantitative estimate of drug-likeness (QED) is 0.771. The van der Waals surface area contributed by atoms with E-state index in [9.17, 15) is 0 Å². The monoisotopic (exact) mass is 205 g/mol. The molecule has 2 rings (SSSR count). The molecule has 0 amide bonds. The van der Waals surface area contributed by atoms with Gasteiger partial charge < -0.3 is 5.32 Å². The summed E-state index contributed by atoms with van der Waals surface area (Å²) >= 11 is 0. The van der Waals surface area contributed by atoms with Crippen molar-refractivity contribution in [3.05, 3.63) is 18.1 Å². The van der Waals surface area contributed by atoms with Crippen molar-refractivity contribution in [2.75, 3.05) is 11.9 Å². The van der Waals surface area contributed by atoms with Crippen LogP contribution < -0.4 is 5.32 Å². The largest absolute Gasteiger partial charge is 0.370 e. The van der Waals surface area contributed by atoms with E-state index in [1.165, 1.54) is 12.7 Å². The first kappa shape index (κ1) is 9.89. The van der Waals surface area contributed by atoms with Crippen molar-refractivity contribution in [1.29, 1.82) is 0 Å². The molecule has 0 aromatic carbocycles. The number of aromatic nitrogens is 4. The second-order valence-electron chi connectivity index (χ2n) is 3.53. The topological polar surface area (TPSA) is 55.1 Å². The Morgan fingerprint density at radius 3 is 3.13 bits per heavy atom. The summed E-state index contributed by atoms with van der Waals surface area (Å²) in [7, 11) is 0. The van der Waals surface area contributed by atoms with Crippen molar-refractivity contribution in [3.63, 3.8) is 0 Å². The fourth-order valence-electron chi connectivity index (χ4n) is 1.45. The molecule has 0 aliphatic heterocycles. The summed E-state index contributed by atoms with van der Waals surface area (Å²) in [6, 6.07) is 1.98. The van der Waals surface area contributed by atoms with Crippen LogP contribution >= 0.6 is 0 Å². The maximum Gasteiger partial charge on any atom is 0.254 e. The minimum Gasteiger partial charge on any atom is -0.370 e. The van der Waals surface area contributed by atoms with Gasteiger partial charge in [0.1, 0.15) is 12.1 Å². The van der Waals surface area contributed by atoms with Crippen LogP contribution in [0.2, 0.25) is 0 Å². The van der Waals surface area contributed by atoms with Gasteiger partial charge >= 0.3 is 0 Å². The van der Waals surface area contributed by atoms with Crippen molar-refractivity contribution in [3.8, 4) is 0 Å². The van der Waals surface area contributed by atoms with Gasteiger partial charge in [-0.25, -0.2) is 4.98 Å². The predicted molar refractivity (Wildman–Crippen MR) is 58.9 cm³/mol. The lowest BCUT2D eigenvalue weighted by molar-refractivity contribution is 0.819. The number of nitrogens with one attached hydrogen (secondary N) is 1. The maximum absolute atomic E-state index is 4.27. The number of anilines is 1. The van der Waals surface area contributed by atoms with Crippen LogP contribution in [0.4, 0.5) is 5.82 Å². The van der Waals surface area contributed by atoms with Crippen LogP contribution in [0.5, 0.6) is 0 Å². The van der Waals surface area contributed by atoms with Crippen LogP contribution in [0, 0.1) is 6.92 Å². The molecule has 5 heteroatoms. The third kappa shape index (κ3) is 2.06. The molecule has 0 saturated carbocycles. The first-order valence-electron chi connectivity index (χ1n) is 5.22. The summed E-state index contributed by atoms with van der Waals surface area (Å²) in [5, 5.41) is 7.46. The highest BCUT2D eigenvalue weighted by Gasteiger charge is 2.03. The maximum atomic E-state index is 4.27. The van der Waals surface area contributed by atoms with Gasteiger partial charge in [-0.15, -0.1) is 0 Å². The van der Waals surface area contributed by atoms with Gasteiger partial charge in [0.25, 0.3) is 5.78 Å². The van der Waals surface area contributed by atoms with Crippen LogP contribution in [0.3, 0.4) is 0 Å². The Bertz CT molecular complexity index is 448. The molecule has 0 radical (unpaired) electrons. The third-order valence-corrected chi connectivity index (χ3v) is 2.22. The molecule has 2 aromatic rings. The Morgan fingerprint density at radius 1 is 1.47 bits per heavy atom. The summed E-state index contributed by atoms with van der Waals surface area (Å²) < 4.78 is 1.72. The Balaban J connectivity index is 2.27. The lowest BCUT2D eigenvalue weighted by Crippen LogP contribution is -2.07. The molecule has 0 fully saturated rings. The molecule has 0 spiro atoms. The van der Waals surface area contributed by atoms with E-state index in [2.05, 4.69) is 27.3 Å². The van der Waals surface area contributed by atoms with Gasteiger partial charge in [0.2, 0.25) is 0 Å². The number of aryl methyl sites for hydroxylation is 1. The molecule has 0 unspecified atom stereocenters. The smallest absolute Gasteiger partial charge is 0.254 e. The van der Waals surface area contributed by atoms with Crippen molar-refractivity contribution < 1.29 is 0 Å². The van der Waals surface area contributed by atoms with Crippen LogP contribution in [-0.2, 0) is 0 Å². The lowest BCUT2D eigenvalue weighted by atomic mass is 10.3. The van der Waals surface area contributed by atoms with Gasteiger partial charge in [-0.1, -0.05) is 13.3 Å². The average Bonchev–Trinajstić information content (AvgIpc) is 2.65. The molecular formula is C10H15N5. The summed E-state index contributed by atoms with van der Waals surface area (Å²) in [5.41, 5.74) is 0.953. The van der Waals surface area contributed by atoms with Crippen LogP contribution in [0.15, 0.2) is 12.4 Å². The fraction of sp³-hybridized carbons (Fsp3) is 0.500. The molecule has 2 heterocycles. The minimum atomic E-state index is 0.647. The minimum absolute atomic E-state index is 0.647. The van der Waals surface area contributed by atoms with Crippen LogP contribution in [-0.4, -0.2) is 26.1 Å². The molecular weight excluding hydrogens is 190 g/mol. The van der Waals surface area contributed by atoms with E-state index in [1.54, 1.807) is 4.52 Å². The summed E-state index contributed by atoms with van der Waals surface area (Å²) in [5.74, 6) is 1.61. The van der Waals surface area contributed by atoms with Gasteiger partial charge in [0.15, 0.2) is 0 Å². The highest BCUT2D eigenvalue weighted by atomic mass is 15.3. The zero-order chi connectivity index (χ0) is 10.7. The predicted octanol–water partition coefficient (Wildman–Crippen LogP) is 1.64. The van der Waals surface area contributed by atoms with E-state index >= 15 is 0 Å². The molecule has 15 heavy (non-hydrogen) atoms. The van der Waals surface area contributed by atoms with Gasteiger partial charge in [0, 0.05) is 18.3 Å². The van der Waals surface area contributed by atoms with Gasteiger partial charge in [0.05, 0.1) is 0 Å². The second-order valence-corrected chi connectivity index (χ2v) is 3.53. The molecule has 2 aromatic heterocycles. The van der Waals surface area contributed by atoms with Gasteiger partial charge in [-0.3, -0.25) is 0 Å². The molecule has 0 aliphatic carbocycles. The highest BCUT2D eigenvalue weighted by Crippen LogP contribution is 2.09. The van der Waals surface area contributed by atoms with E-state index in [4.69, 9.17) is 0 Å². The summed E-state index contributed by atoms with van der Waals surface area (Å²) in [6.45, 7) is 5.08. The first-order valence-corrected chi connectivity index (χ1v) is 5.22. The van der Waals surface area contributed by atoms with Crippen LogP contribution in [0.1, 0.15) is 25.5 Å². The Hall–Kier alpha value is -1.65. The average molecular weight is 205 g/mol. The standard InChI is InChI=1S/C10H15N5/c1-3-4-5-11-9-6-8(2)14-10-12-7-13-15(9)10/h6-7,11H,3-5H2,1-2H3. The van der Waals surface area contributed by atoms with Crippen molar-refractivity contribution in [2.45, 2.75) is 26.7 Å². The normalized spacial score (nSPS) is 10.8. The Labute approximate surface area is 88.6 Å². The number of rotatable bonds is 4. The van der Waals surface area contributed by atoms with Gasteiger partial charge in [-0.05, 0) is 13.3 Å². The zero-order valence-electron chi connectivity index (χ0n) is 9.06. The van der Waals surface area contributed by atoms with E-state index in [1.807, 2.05) is 13.0 Å². The van der Waals surface area contributed by atoms with E-state index < -0.39 is 0 Å².